The Labute approximate surface area is 116 Å². The van der Waals surface area contributed by atoms with Crippen LogP contribution in [0, 0.1) is 6.92 Å². The average molecular weight is 272 g/mol. The molecule has 1 fully saturated rings. The van der Waals surface area contributed by atoms with Gasteiger partial charge in [-0.15, -0.1) is 0 Å². The molecule has 0 radical (unpaired) electrons. The van der Waals surface area contributed by atoms with E-state index in [1.165, 1.54) is 12.5 Å². The average Bonchev–Trinajstić information content (AvgIpc) is 2.77. The number of fused-ring (bicyclic) bond motifs is 3. The van der Waals surface area contributed by atoms with Crippen LogP contribution in [-0.2, 0) is 0 Å². The molecule has 4 rings (SSSR count). The van der Waals surface area contributed by atoms with Crippen LogP contribution in [0.4, 0.5) is 0 Å². The molecule has 1 aromatic heterocycles. The number of ether oxygens (including phenoxy) is 2. The van der Waals surface area contributed by atoms with Crippen molar-refractivity contribution in [1.29, 1.82) is 0 Å². The normalized spacial score (nSPS) is 19.6. The lowest BCUT2D eigenvalue weighted by molar-refractivity contribution is -0.105. The fourth-order valence-electron chi connectivity index (χ4n) is 3.22. The van der Waals surface area contributed by atoms with E-state index in [0.29, 0.717) is 17.1 Å². The largest absolute Gasteiger partial charge is 0.448 e. The maximum atomic E-state index is 11.6. The van der Waals surface area contributed by atoms with E-state index in [1.54, 1.807) is 0 Å². The molecule has 0 atom stereocenters. The van der Waals surface area contributed by atoms with E-state index in [4.69, 9.17) is 13.9 Å². The molecule has 2 heterocycles. The molecular weight excluding hydrogens is 256 g/mol. The molecule has 1 aliphatic carbocycles. The van der Waals surface area contributed by atoms with E-state index in [0.717, 1.165) is 36.6 Å². The van der Waals surface area contributed by atoms with Crippen LogP contribution in [0.15, 0.2) is 27.4 Å². The van der Waals surface area contributed by atoms with Gasteiger partial charge in [0, 0.05) is 24.3 Å². The van der Waals surface area contributed by atoms with E-state index in [2.05, 4.69) is 0 Å². The van der Waals surface area contributed by atoms with Gasteiger partial charge in [0.1, 0.15) is 0 Å². The second kappa shape index (κ2) is 4.01. The molecule has 0 unspecified atom stereocenters. The van der Waals surface area contributed by atoms with Gasteiger partial charge < -0.3 is 13.9 Å². The molecule has 1 saturated carbocycles. The van der Waals surface area contributed by atoms with Crippen molar-refractivity contribution in [3.63, 3.8) is 0 Å². The zero-order valence-electron chi connectivity index (χ0n) is 11.4. The molecule has 0 N–H and O–H groups in total. The Bertz CT molecular complexity index is 738. The van der Waals surface area contributed by atoms with Crippen LogP contribution in [0.5, 0.6) is 11.5 Å². The van der Waals surface area contributed by atoms with Crippen molar-refractivity contribution in [2.75, 3.05) is 0 Å². The van der Waals surface area contributed by atoms with Gasteiger partial charge >= 0.3 is 5.63 Å². The molecule has 4 heteroatoms. The van der Waals surface area contributed by atoms with Crippen LogP contribution < -0.4 is 15.1 Å². The first-order chi connectivity index (χ1) is 9.67. The number of hydrogen-bond donors (Lipinski definition) is 0. The van der Waals surface area contributed by atoms with Gasteiger partial charge in [0.25, 0.3) is 5.79 Å². The van der Waals surface area contributed by atoms with Gasteiger partial charge in [-0.25, -0.2) is 4.79 Å². The zero-order chi connectivity index (χ0) is 13.7. The van der Waals surface area contributed by atoms with Crippen LogP contribution in [0.2, 0.25) is 0 Å². The summed E-state index contributed by atoms with van der Waals surface area (Å²) in [5, 5.41) is 0.903. The van der Waals surface area contributed by atoms with Crippen molar-refractivity contribution < 1.29 is 13.9 Å². The summed E-state index contributed by atoms with van der Waals surface area (Å²) in [4.78, 5) is 11.6. The SMILES string of the molecule is Cc1cc(=O)oc2c3c(ccc12)OC1(CCCCC1)O3. The zero-order valence-corrected chi connectivity index (χ0v) is 11.4. The molecule has 20 heavy (non-hydrogen) atoms. The second-order valence-electron chi connectivity index (χ2n) is 5.69. The van der Waals surface area contributed by atoms with Gasteiger partial charge in [-0.1, -0.05) is 6.42 Å². The van der Waals surface area contributed by atoms with Gasteiger partial charge in [-0.2, -0.15) is 0 Å². The minimum absolute atomic E-state index is 0.350. The van der Waals surface area contributed by atoms with Crippen molar-refractivity contribution in [3.8, 4) is 11.5 Å². The highest BCUT2D eigenvalue weighted by atomic mass is 16.7. The summed E-state index contributed by atoms with van der Waals surface area (Å²) in [5.41, 5.74) is 1.05. The third-order valence-corrected chi connectivity index (χ3v) is 4.24. The van der Waals surface area contributed by atoms with E-state index in [1.807, 2.05) is 19.1 Å². The molecule has 0 bridgehead atoms. The highest BCUT2D eigenvalue weighted by molar-refractivity contribution is 5.88. The predicted molar refractivity (Wildman–Crippen MR) is 74.3 cm³/mol. The third-order valence-electron chi connectivity index (χ3n) is 4.24. The van der Waals surface area contributed by atoms with Crippen molar-refractivity contribution in [1.82, 2.24) is 0 Å². The molecule has 0 amide bonds. The van der Waals surface area contributed by atoms with Crippen LogP contribution in [0.3, 0.4) is 0 Å². The predicted octanol–water partition coefficient (Wildman–Crippen LogP) is 3.53. The van der Waals surface area contributed by atoms with E-state index < -0.39 is 5.79 Å². The Morgan fingerprint density at radius 2 is 1.90 bits per heavy atom. The number of aryl methyl sites for hydroxylation is 1. The molecule has 4 nitrogen and oxygen atoms in total. The van der Waals surface area contributed by atoms with E-state index in [9.17, 15) is 4.79 Å². The Hall–Kier alpha value is -1.97. The first-order valence-corrected chi connectivity index (χ1v) is 7.12. The quantitative estimate of drug-likeness (QED) is 0.688. The molecule has 0 saturated heterocycles. The molecule has 1 aliphatic heterocycles. The number of rotatable bonds is 0. The van der Waals surface area contributed by atoms with Gasteiger partial charge in [0.15, 0.2) is 11.3 Å². The first-order valence-electron chi connectivity index (χ1n) is 7.12. The summed E-state index contributed by atoms with van der Waals surface area (Å²) in [6.07, 6.45) is 5.21. The lowest BCUT2D eigenvalue weighted by Crippen LogP contribution is -2.40. The molecule has 1 spiro atoms. The molecule has 104 valence electrons. The summed E-state index contributed by atoms with van der Waals surface area (Å²) >= 11 is 0. The van der Waals surface area contributed by atoms with E-state index >= 15 is 0 Å². The van der Waals surface area contributed by atoms with Gasteiger partial charge in [-0.3, -0.25) is 0 Å². The Balaban J connectivity index is 1.89. The molecular formula is C16H16O4. The monoisotopic (exact) mass is 272 g/mol. The van der Waals surface area contributed by atoms with E-state index in [-0.39, 0.29) is 5.63 Å². The highest BCUT2D eigenvalue weighted by Crippen LogP contribution is 2.48. The van der Waals surface area contributed by atoms with Crippen LogP contribution in [-0.4, -0.2) is 5.79 Å². The smallest absolute Gasteiger partial charge is 0.336 e. The summed E-state index contributed by atoms with van der Waals surface area (Å²) < 4.78 is 17.5. The van der Waals surface area contributed by atoms with Gasteiger partial charge in [0.2, 0.25) is 5.75 Å². The number of benzene rings is 1. The van der Waals surface area contributed by atoms with Gasteiger partial charge in [-0.05, 0) is 37.5 Å². The second-order valence-corrected chi connectivity index (χ2v) is 5.69. The fourth-order valence-corrected chi connectivity index (χ4v) is 3.22. The summed E-state index contributed by atoms with van der Waals surface area (Å²) in [5.74, 6) is 0.732. The van der Waals surface area contributed by atoms with Crippen molar-refractivity contribution in [3.05, 3.63) is 34.2 Å². The Morgan fingerprint density at radius 3 is 2.70 bits per heavy atom. The first kappa shape index (κ1) is 11.8. The van der Waals surface area contributed by atoms with Crippen molar-refractivity contribution in [2.45, 2.75) is 44.8 Å². The van der Waals surface area contributed by atoms with Crippen LogP contribution in [0.1, 0.15) is 37.7 Å². The van der Waals surface area contributed by atoms with Crippen LogP contribution in [0.25, 0.3) is 11.0 Å². The van der Waals surface area contributed by atoms with Gasteiger partial charge in [0.05, 0.1) is 0 Å². The molecule has 2 aliphatic rings. The highest BCUT2D eigenvalue weighted by Gasteiger charge is 2.43. The molecule has 2 aromatic rings. The topological polar surface area (TPSA) is 48.7 Å². The lowest BCUT2D eigenvalue weighted by Gasteiger charge is -2.31. The van der Waals surface area contributed by atoms with Crippen molar-refractivity contribution in [2.24, 2.45) is 0 Å². The minimum atomic E-state index is -0.544. The minimum Gasteiger partial charge on any atom is -0.448 e. The maximum Gasteiger partial charge on any atom is 0.336 e. The molecule has 1 aromatic carbocycles. The standard InChI is InChI=1S/C16H16O4/c1-10-9-13(17)18-14-11(10)5-6-12-15(14)20-16(19-12)7-3-2-4-8-16/h5-6,9H,2-4,7-8H2,1H3. The summed E-state index contributed by atoms with van der Waals surface area (Å²) in [6.45, 7) is 1.90. The lowest BCUT2D eigenvalue weighted by atomic mass is 9.94. The van der Waals surface area contributed by atoms with Crippen molar-refractivity contribution >= 4 is 11.0 Å². The summed E-state index contributed by atoms with van der Waals surface area (Å²) in [7, 11) is 0. The fraction of sp³-hybridized carbons (Fsp3) is 0.438. The van der Waals surface area contributed by atoms with Crippen LogP contribution >= 0.6 is 0 Å². The number of hydrogen-bond acceptors (Lipinski definition) is 4. The third kappa shape index (κ3) is 1.64. The Morgan fingerprint density at radius 1 is 1.10 bits per heavy atom. The maximum absolute atomic E-state index is 11.6. The Kier molecular flexibility index (Phi) is 2.37. The summed E-state index contributed by atoms with van der Waals surface area (Å²) in [6, 6.07) is 5.34.